The number of fused-ring (bicyclic) bond motifs is 1. The minimum Gasteiger partial charge on any atom is -0.363 e. The van der Waals surface area contributed by atoms with Gasteiger partial charge in [0.25, 0.3) is 0 Å². The Hall–Kier alpha value is -2.10. The van der Waals surface area contributed by atoms with Crippen LogP contribution in [0.4, 0.5) is 11.8 Å². The van der Waals surface area contributed by atoms with E-state index in [0.717, 1.165) is 29.1 Å². The summed E-state index contributed by atoms with van der Waals surface area (Å²) in [5.41, 5.74) is 7.47. The molecule has 0 aliphatic carbocycles. The highest BCUT2D eigenvalue weighted by atomic mass is 35.5. The molecule has 0 saturated carbocycles. The molecule has 2 aromatic rings. The summed E-state index contributed by atoms with van der Waals surface area (Å²) in [6, 6.07) is 0. The SMILES string of the molecule is CC(C)(CN)Nc1nc(N2CC=C(c3ncc(Cl)cn3)CC2)nc2c1[S@](=O)CC2. The quantitative estimate of drug-likeness (QED) is 0.736. The van der Waals surface area contributed by atoms with Crippen LogP contribution in [-0.4, -0.2) is 55.1 Å². The van der Waals surface area contributed by atoms with Crippen LogP contribution in [0.5, 0.6) is 0 Å². The molecule has 0 amide bonds. The van der Waals surface area contributed by atoms with Crippen LogP contribution in [0, 0.1) is 0 Å². The van der Waals surface area contributed by atoms with Crippen LogP contribution in [-0.2, 0) is 17.2 Å². The highest BCUT2D eigenvalue weighted by Gasteiger charge is 2.30. The van der Waals surface area contributed by atoms with Gasteiger partial charge in [-0.2, -0.15) is 4.98 Å². The molecule has 4 rings (SSSR count). The van der Waals surface area contributed by atoms with Crippen LogP contribution < -0.4 is 16.0 Å². The number of halogens is 1. The standard InChI is InChI=1S/C19H24ClN7OS/c1-19(2,11-21)26-17-15-14(5-8-29(15)28)24-18(25-17)27-6-3-12(4-7-27)16-22-9-13(20)10-23-16/h3,9-10H,4-8,11,21H2,1-2H3,(H,24,25,26)/t29-/m1/s1. The molecular formula is C19H24ClN7OS. The van der Waals surface area contributed by atoms with Gasteiger partial charge in [0.1, 0.15) is 10.7 Å². The van der Waals surface area contributed by atoms with Crippen molar-refractivity contribution in [1.29, 1.82) is 0 Å². The first-order valence-electron chi connectivity index (χ1n) is 9.56. The van der Waals surface area contributed by atoms with Gasteiger partial charge in [-0.05, 0) is 25.8 Å². The van der Waals surface area contributed by atoms with Gasteiger partial charge in [0, 0.05) is 49.7 Å². The zero-order chi connectivity index (χ0) is 20.6. The van der Waals surface area contributed by atoms with Gasteiger partial charge in [-0.1, -0.05) is 17.7 Å². The molecule has 2 aliphatic rings. The first-order chi connectivity index (χ1) is 13.9. The fraction of sp³-hybridized carbons (Fsp3) is 0.474. The molecule has 3 N–H and O–H groups in total. The molecule has 2 aromatic heterocycles. The van der Waals surface area contributed by atoms with E-state index in [-0.39, 0.29) is 5.54 Å². The number of aryl methyl sites for hydroxylation is 1. The number of nitrogens with one attached hydrogen (secondary N) is 1. The largest absolute Gasteiger partial charge is 0.363 e. The highest BCUT2D eigenvalue weighted by Crippen LogP contribution is 2.32. The van der Waals surface area contributed by atoms with Crippen molar-refractivity contribution in [2.24, 2.45) is 5.73 Å². The lowest BCUT2D eigenvalue weighted by molar-refractivity contribution is 0.574. The van der Waals surface area contributed by atoms with E-state index in [9.17, 15) is 4.21 Å². The van der Waals surface area contributed by atoms with Crippen molar-refractivity contribution in [2.45, 2.75) is 37.1 Å². The Bertz CT molecular complexity index is 977. The van der Waals surface area contributed by atoms with Crippen molar-refractivity contribution in [2.75, 3.05) is 35.6 Å². The van der Waals surface area contributed by atoms with E-state index in [1.54, 1.807) is 12.4 Å². The summed E-state index contributed by atoms with van der Waals surface area (Å²) in [6.07, 6.45) is 6.79. The first kappa shape index (κ1) is 20.2. The van der Waals surface area contributed by atoms with Gasteiger partial charge in [-0.15, -0.1) is 0 Å². The predicted octanol–water partition coefficient (Wildman–Crippen LogP) is 2.03. The van der Waals surface area contributed by atoms with E-state index in [4.69, 9.17) is 27.3 Å². The average molecular weight is 434 g/mol. The fourth-order valence-corrected chi connectivity index (χ4v) is 4.72. The maximum atomic E-state index is 12.5. The summed E-state index contributed by atoms with van der Waals surface area (Å²) in [5, 5.41) is 3.90. The Balaban J connectivity index is 1.61. The van der Waals surface area contributed by atoms with E-state index in [0.29, 0.717) is 47.9 Å². The number of hydrogen-bond donors (Lipinski definition) is 2. The van der Waals surface area contributed by atoms with Crippen molar-refractivity contribution in [1.82, 2.24) is 19.9 Å². The van der Waals surface area contributed by atoms with Gasteiger partial charge in [-0.3, -0.25) is 4.21 Å². The van der Waals surface area contributed by atoms with Crippen molar-refractivity contribution < 1.29 is 4.21 Å². The highest BCUT2D eigenvalue weighted by molar-refractivity contribution is 7.85. The second kappa shape index (κ2) is 7.97. The fourth-order valence-electron chi connectivity index (χ4n) is 3.31. The summed E-state index contributed by atoms with van der Waals surface area (Å²) in [4.78, 5) is 20.9. The maximum Gasteiger partial charge on any atom is 0.227 e. The van der Waals surface area contributed by atoms with Crippen LogP contribution in [0.1, 0.15) is 31.8 Å². The van der Waals surface area contributed by atoms with Crippen LogP contribution in [0.25, 0.3) is 5.57 Å². The normalized spacial score (nSPS) is 19.1. The lowest BCUT2D eigenvalue weighted by atomic mass is 10.1. The molecule has 0 saturated heterocycles. The number of hydrogen-bond acceptors (Lipinski definition) is 8. The van der Waals surface area contributed by atoms with Gasteiger partial charge >= 0.3 is 0 Å². The Kier molecular flexibility index (Phi) is 5.54. The molecular weight excluding hydrogens is 410 g/mol. The summed E-state index contributed by atoms with van der Waals surface area (Å²) >= 11 is 5.88. The van der Waals surface area contributed by atoms with Crippen LogP contribution in [0.15, 0.2) is 23.4 Å². The van der Waals surface area contributed by atoms with Gasteiger partial charge < -0.3 is 16.0 Å². The van der Waals surface area contributed by atoms with Crippen LogP contribution in [0.2, 0.25) is 5.02 Å². The summed E-state index contributed by atoms with van der Waals surface area (Å²) in [5.74, 6) is 2.56. The molecule has 0 bridgehead atoms. The third-order valence-corrected chi connectivity index (χ3v) is 6.70. The van der Waals surface area contributed by atoms with Crippen molar-refractivity contribution in [3.63, 3.8) is 0 Å². The number of rotatable bonds is 5. The van der Waals surface area contributed by atoms with Gasteiger partial charge in [-0.25, -0.2) is 15.0 Å². The lowest BCUT2D eigenvalue weighted by Gasteiger charge is -2.29. The van der Waals surface area contributed by atoms with Crippen molar-refractivity contribution in [3.8, 4) is 0 Å². The molecule has 0 aromatic carbocycles. The molecule has 4 heterocycles. The number of nitrogens with two attached hydrogens (primary N) is 1. The maximum absolute atomic E-state index is 12.5. The molecule has 154 valence electrons. The summed E-state index contributed by atoms with van der Waals surface area (Å²) < 4.78 is 12.5. The molecule has 0 radical (unpaired) electrons. The molecule has 29 heavy (non-hydrogen) atoms. The smallest absolute Gasteiger partial charge is 0.227 e. The first-order valence-corrected chi connectivity index (χ1v) is 11.3. The Morgan fingerprint density at radius 2 is 2.03 bits per heavy atom. The molecule has 0 spiro atoms. The second-order valence-electron chi connectivity index (χ2n) is 7.81. The van der Waals surface area contributed by atoms with E-state index < -0.39 is 10.8 Å². The Morgan fingerprint density at radius 1 is 1.28 bits per heavy atom. The topological polar surface area (TPSA) is 110 Å². The zero-order valence-electron chi connectivity index (χ0n) is 16.5. The minimum absolute atomic E-state index is 0.354. The van der Waals surface area contributed by atoms with Gasteiger partial charge in [0.15, 0.2) is 5.82 Å². The molecule has 1 atom stereocenters. The van der Waals surface area contributed by atoms with Gasteiger partial charge in [0.05, 0.1) is 21.5 Å². The molecule has 0 fully saturated rings. The molecule has 2 aliphatic heterocycles. The van der Waals surface area contributed by atoms with E-state index in [2.05, 4.69) is 26.3 Å². The third-order valence-electron chi connectivity index (χ3n) is 5.04. The van der Waals surface area contributed by atoms with Gasteiger partial charge in [0.2, 0.25) is 5.95 Å². The molecule has 8 nitrogen and oxygen atoms in total. The van der Waals surface area contributed by atoms with Crippen LogP contribution >= 0.6 is 11.6 Å². The minimum atomic E-state index is -1.08. The number of aromatic nitrogens is 4. The molecule has 0 unspecified atom stereocenters. The van der Waals surface area contributed by atoms with Crippen molar-refractivity contribution in [3.05, 3.63) is 35.0 Å². The lowest BCUT2D eigenvalue weighted by Crippen LogP contribution is -2.40. The monoisotopic (exact) mass is 433 g/mol. The average Bonchev–Trinajstić information content (AvgIpc) is 3.09. The Labute approximate surface area is 177 Å². The van der Waals surface area contributed by atoms with E-state index in [1.165, 1.54) is 0 Å². The summed E-state index contributed by atoms with van der Waals surface area (Å²) in [7, 11) is -1.08. The zero-order valence-corrected chi connectivity index (χ0v) is 18.1. The Morgan fingerprint density at radius 3 is 2.69 bits per heavy atom. The predicted molar refractivity (Wildman–Crippen MR) is 116 cm³/mol. The van der Waals surface area contributed by atoms with E-state index >= 15 is 0 Å². The van der Waals surface area contributed by atoms with E-state index in [1.807, 2.05) is 13.8 Å². The summed E-state index contributed by atoms with van der Waals surface area (Å²) in [6.45, 7) is 5.84. The number of nitrogens with zero attached hydrogens (tertiary/aromatic N) is 5. The van der Waals surface area contributed by atoms with Crippen LogP contribution in [0.3, 0.4) is 0 Å². The third kappa shape index (κ3) is 4.26. The van der Waals surface area contributed by atoms with Crippen molar-refractivity contribution >= 4 is 39.7 Å². The second-order valence-corrected chi connectivity index (χ2v) is 9.75. The molecule has 10 heteroatoms. The number of anilines is 2.